The van der Waals surface area contributed by atoms with E-state index in [0.29, 0.717) is 6.61 Å². The molecule has 0 saturated heterocycles. The Bertz CT molecular complexity index is 140. The van der Waals surface area contributed by atoms with Crippen molar-refractivity contribution < 1.29 is 14.6 Å². The molecule has 0 heterocycles. The summed E-state index contributed by atoms with van der Waals surface area (Å²) >= 11 is 0. The van der Waals surface area contributed by atoms with Crippen molar-refractivity contribution >= 4 is 5.97 Å². The van der Waals surface area contributed by atoms with E-state index >= 15 is 0 Å². The molecular formula is C8H14O3. The van der Waals surface area contributed by atoms with Crippen LogP contribution in [-0.2, 0) is 9.53 Å². The Kier molecular flexibility index (Phi) is 5.47. The first-order valence-electron chi connectivity index (χ1n) is 3.61. The molecule has 11 heavy (non-hydrogen) atoms. The fraction of sp³-hybridized carbons (Fsp3) is 0.625. The number of hydrogen-bond acceptors (Lipinski definition) is 2. The highest BCUT2D eigenvalue weighted by molar-refractivity contribution is 5.67. The van der Waals surface area contributed by atoms with Gasteiger partial charge in [-0.25, -0.2) is 0 Å². The van der Waals surface area contributed by atoms with Crippen molar-refractivity contribution in [3.63, 3.8) is 0 Å². The third kappa shape index (κ3) is 7.06. The summed E-state index contributed by atoms with van der Waals surface area (Å²) in [6.07, 6.45) is 3.58. The Morgan fingerprint density at radius 1 is 1.73 bits per heavy atom. The van der Waals surface area contributed by atoms with Crippen molar-refractivity contribution in [3.8, 4) is 0 Å². The first-order valence-corrected chi connectivity index (χ1v) is 3.61. The first-order chi connectivity index (χ1) is 5.16. The summed E-state index contributed by atoms with van der Waals surface area (Å²) in [5, 5.41) is 8.34. The molecule has 0 aliphatic heterocycles. The highest BCUT2D eigenvalue weighted by Crippen LogP contribution is 1.96. The topological polar surface area (TPSA) is 46.5 Å². The molecule has 0 amide bonds. The number of allylic oxidation sites excluding steroid dienone is 1. The van der Waals surface area contributed by atoms with E-state index < -0.39 is 5.97 Å². The number of hydrogen-bond donors (Lipinski definition) is 1. The Hall–Kier alpha value is -0.830. The van der Waals surface area contributed by atoms with Crippen molar-refractivity contribution in [3.05, 3.63) is 12.2 Å². The van der Waals surface area contributed by atoms with Gasteiger partial charge in [0.25, 0.3) is 0 Å². The van der Waals surface area contributed by atoms with Crippen LogP contribution in [0.2, 0.25) is 0 Å². The second-order valence-electron chi connectivity index (χ2n) is 2.31. The van der Waals surface area contributed by atoms with Crippen LogP contribution in [0.5, 0.6) is 0 Å². The zero-order chi connectivity index (χ0) is 8.69. The van der Waals surface area contributed by atoms with Gasteiger partial charge in [0.1, 0.15) is 0 Å². The van der Waals surface area contributed by atoms with Crippen LogP contribution in [0.4, 0.5) is 0 Å². The maximum absolute atomic E-state index is 10.1. The fourth-order valence-corrected chi connectivity index (χ4v) is 0.621. The molecule has 64 valence electrons. The van der Waals surface area contributed by atoms with Crippen molar-refractivity contribution in [1.29, 1.82) is 0 Å². The van der Waals surface area contributed by atoms with Crippen LogP contribution in [0, 0.1) is 0 Å². The van der Waals surface area contributed by atoms with E-state index in [9.17, 15) is 4.79 Å². The van der Waals surface area contributed by atoms with Crippen molar-refractivity contribution in [2.24, 2.45) is 0 Å². The van der Waals surface area contributed by atoms with E-state index in [0.717, 1.165) is 0 Å². The summed E-state index contributed by atoms with van der Waals surface area (Å²) in [4.78, 5) is 10.1. The predicted molar refractivity (Wildman–Crippen MR) is 42.5 cm³/mol. The fourth-order valence-electron chi connectivity index (χ4n) is 0.621. The molecule has 0 aliphatic rings. The second-order valence-corrected chi connectivity index (χ2v) is 2.31. The Morgan fingerprint density at radius 3 is 2.82 bits per heavy atom. The minimum absolute atomic E-state index is 0.0670. The molecule has 3 heteroatoms. The molecule has 3 nitrogen and oxygen atoms in total. The SMILES string of the molecule is C/C=C/CO[C@H](C)CC(=O)O. The minimum atomic E-state index is -0.821. The Balaban J connectivity index is 3.36. The molecule has 0 fully saturated rings. The number of carbonyl (C=O) groups is 1. The molecule has 1 N–H and O–H groups in total. The average molecular weight is 158 g/mol. The van der Waals surface area contributed by atoms with Crippen molar-refractivity contribution in [2.75, 3.05) is 6.61 Å². The second kappa shape index (κ2) is 5.92. The van der Waals surface area contributed by atoms with Gasteiger partial charge in [0.2, 0.25) is 0 Å². The highest BCUT2D eigenvalue weighted by Gasteiger charge is 2.05. The lowest BCUT2D eigenvalue weighted by molar-refractivity contribution is -0.139. The molecule has 0 aliphatic carbocycles. The summed E-state index contributed by atoms with van der Waals surface area (Å²) in [5.41, 5.74) is 0. The number of carboxylic acids is 1. The maximum atomic E-state index is 10.1. The van der Waals surface area contributed by atoms with Gasteiger partial charge in [-0.15, -0.1) is 0 Å². The molecule has 0 spiro atoms. The molecule has 0 aromatic heterocycles. The van der Waals surface area contributed by atoms with Crippen LogP contribution in [0.25, 0.3) is 0 Å². The lowest BCUT2D eigenvalue weighted by Crippen LogP contribution is -2.13. The number of carboxylic acid groups (broad SMARTS) is 1. The zero-order valence-corrected chi connectivity index (χ0v) is 6.91. The zero-order valence-electron chi connectivity index (χ0n) is 6.91. The molecule has 0 bridgehead atoms. The van der Waals surface area contributed by atoms with E-state index in [4.69, 9.17) is 9.84 Å². The highest BCUT2D eigenvalue weighted by atomic mass is 16.5. The molecule has 1 atom stereocenters. The van der Waals surface area contributed by atoms with Gasteiger partial charge in [-0.1, -0.05) is 12.2 Å². The molecule has 0 saturated carbocycles. The van der Waals surface area contributed by atoms with Gasteiger partial charge in [-0.05, 0) is 13.8 Å². The number of aliphatic carboxylic acids is 1. The van der Waals surface area contributed by atoms with Gasteiger partial charge >= 0.3 is 5.97 Å². The van der Waals surface area contributed by atoms with Gasteiger partial charge in [0, 0.05) is 0 Å². The van der Waals surface area contributed by atoms with E-state index in [1.54, 1.807) is 6.92 Å². The van der Waals surface area contributed by atoms with Crippen LogP contribution in [0.3, 0.4) is 0 Å². The normalized spacial score (nSPS) is 13.6. The van der Waals surface area contributed by atoms with Gasteiger partial charge in [0.15, 0.2) is 0 Å². The van der Waals surface area contributed by atoms with E-state index in [-0.39, 0.29) is 12.5 Å². The smallest absolute Gasteiger partial charge is 0.305 e. The summed E-state index contributed by atoms with van der Waals surface area (Å²) in [6, 6.07) is 0. The van der Waals surface area contributed by atoms with E-state index in [1.807, 2.05) is 19.1 Å². The molecule has 0 radical (unpaired) electrons. The van der Waals surface area contributed by atoms with Gasteiger partial charge in [-0.2, -0.15) is 0 Å². The van der Waals surface area contributed by atoms with Crippen molar-refractivity contribution in [2.45, 2.75) is 26.4 Å². The summed E-state index contributed by atoms with van der Waals surface area (Å²) in [7, 11) is 0. The van der Waals surface area contributed by atoms with Gasteiger partial charge in [-0.3, -0.25) is 4.79 Å². The standard InChI is InChI=1S/C8H14O3/c1-3-4-5-11-7(2)6-8(9)10/h3-4,7H,5-6H2,1-2H3,(H,9,10)/b4-3+/t7-/m1/s1. The van der Waals surface area contributed by atoms with Crippen molar-refractivity contribution in [1.82, 2.24) is 0 Å². The van der Waals surface area contributed by atoms with Crippen LogP contribution in [0.15, 0.2) is 12.2 Å². The van der Waals surface area contributed by atoms with Crippen LogP contribution >= 0.6 is 0 Å². The summed E-state index contributed by atoms with van der Waals surface area (Å²) in [5.74, 6) is -0.821. The Labute approximate surface area is 66.7 Å². The third-order valence-corrected chi connectivity index (χ3v) is 1.17. The van der Waals surface area contributed by atoms with Crippen LogP contribution in [-0.4, -0.2) is 23.8 Å². The quantitative estimate of drug-likeness (QED) is 0.616. The molecule has 0 aromatic carbocycles. The van der Waals surface area contributed by atoms with Gasteiger partial charge in [0.05, 0.1) is 19.1 Å². The predicted octanol–water partition coefficient (Wildman–Crippen LogP) is 1.44. The summed E-state index contributed by atoms with van der Waals surface area (Å²) < 4.78 is 5.13. The third-order valence-electron chi connectivity index (χ3n) is 1.17. The van der Waals surface area contributed by atoms with E-state index in [1.165, 1.54) is 0 Å². The molecule has 0 aromatic rings. The molecule has 0 rings (SSSR count). The largest absolute Gasteiger partial charge is 0.481 e. The summed E-state index contributed by atoms with van der Waals surface area (Å²) in [6.45, 7) is 4.13. The lowest BCUT2D eigenvalue weighted by Gasteiger charge is -2.07. The average Bonchev–Trinajstić information content (AvgIpc) is 1.86. The van der Waals surface area contributed by atoms with Crippen LogP contribution in [0.1, 0.15) is 20.3 Å². The number of ether oxygens (including phenoxy) is 1. The molecular weight excluding hydrogens is 144 g/mol. The Morgan fingerprint density at radius 2 is 2.36 bits per heavy atom. The van der Waals surface area contributed by atoms with E-state index in [2.05, 4.69) is 0 Å². The lowest BCUT2D eigenvalue weighted by atomic mass is 10.3. The number of rotatable bonds is 5. The van der Waals surface area contributed by atoms with Gasteiger partial charge < -0.3 is 9.84 Å². The first kappa shape index (κ1) is 10.2. The minimum Gasteiger partial charge on any atom is -0.481 e. The van der Waals surface area contributed by atoms with Crippen LogP contribution < -0.4 is 0 Å². The monoisotopic (exact) mass is 158 g/mol. The maximum Gasteiger partial charge on any atom is 0.305 e. The molecule has 0 unspecified atom stereocenters.